The summed E-state index contributed by atoms with van der Waals surface area (Å²) in [7, 11) is 1.45. The predicted octanol–water partition coefficient (Wildman–Crippen LogP) is 2.88. The van der Waals surface area contributed by atoms with Gasteiger partial charge in [0.05, 0.1) is 31.5 Å². The summed E-state index contributed by atoms with van der Waals surface area (Å²) in [6.45, 7) is 4.95. The zero-order chi connectivity index (χ0) is 19.9. The summed E-state index contributed by atoms with van der Waals surface area (Å²) in [4.78, 5) is 18.7. The molecule has 3 rings (SSSR count). The van der Waals surface area contributed by atoms with Crippen molar-refractivity contribution in [3.8, 4) is 5.69 Å². The molecule has 0 bridgehead atoms. The SMILES string of the molecule is CCNC(=NCc1cnn(-c2ccc(Cl)cc2)c1)N1CCC(C(=O)OC)CC1. The Labute approximate surface area is 170 Å². The van der Waals surface area contributed by atoms with Crippen LogP contribution in [0.1, 0.15) is 25.3 Å². The molecule has 0 unspecified atom stereocenters. The van der Waals surface area contributed by atoms with Gasteiger partial charge in [0, 0.05) is 36.4 Å². The van der Waals surface area contributed by atoms with Crippen LogP contribution in [0.15, 0.2) is 41.7 Å². The lowest BCUT2D eigenvalue weighted by Gasteiger charge is -2.33. The molecule has 8 heteroatoms. The van der Waals surface area contributed by atoms with Crippen molar-refractivity contribution in [2.24, 2.45) is 10.9 Å². The number of aromatic nitrogens is 2. The van der Waals surface area contributed by atoms with Crippen LogP contribution in [0.2, 0.25) is 5.02 Å². The maximum Gasteiger partial charge on any atom is 0.308 e. The van der Waals surface area contributed by atoms with E-state index in [-0.39, 0.29) is 11.9 Å². The van der Waals surface area contributed by atoms with Crippen molar-refractivity contribution in [2.45, 2.75) is 26.3 Å². The van der Waals surface area contributed by atoms with Gasteiger partial charge in [0.1, 0.15) is 0 Å². The van der Waals surface area contributed by atoms with E-state index >= 15 is 0 Å². The standard InChI is InChI=1S/C20H26ClN5O2/c1-3-22-20(25-10-8-16(9-11-25)19(27)28-2)23-12-15-13-24-26(14-15)18-6-4-17(21)5-7-18/h4-7,13-14,16H,3,8-12H2,1-2H3,(H,22,23). The zero-order valence-electron chi connectivity index (χ0n) is 16.3. The Hall–Kier alpha value is -2.54. The number of halogens is 1. The van der Waals surface area contributed by atoms with Crippen molar-refractivity contribution in [2.75, 3.05) is 26.7 Å². The molecule has 0 amide bonds. The first kappa shape index (κ1) is 20.2. The van der Waals surface area contributed by atoms with Gasteiger partial charge < -0.3 is 15.0 Å². The van der Waals surface area contributed by atoms with Crippen LogP contribution < -0.4 is 5.32 Å². The summed E-state index contributed by atoms with van der Waals surface area (Å²) in [6, 6.07) is 7.55. The van der Waals surface area contributed by atoms with Gasteiger partial charge in [-0.2, -0.15) is 5.10 Å². The molecular formula is C20H26ClN5O2. The van der Waals surface area contributed by atoms with Crippen molar-refractivity contribution in [1.29, 1.82) is 0 Å². The van der Waals surface area contributed by atoms with Gasteiger partial charge in [-0.15, -0.1) is 0 Å². The maximum atomic E-state index is 11.7. The zero-order valence-corrected chi connectivity index (χ0v) is 17.0. The van der Waals surface area contributed by atoms with Crippen molar-refractivity contribution in [1.82, 2.24) is 20.0 Å². The van der Waals surface area contributed by atoms with Crippen LogP contribution in [-0.4, -0.2) is 53.4 Å². The number of nitrogens with one attached hydrogen (secondary N) is 1. The second-order valence-electron chi connectivity index (χ2n) is 6.72. The number of ether oxygens (including phenoxy) is 1. The van der Waals surface area contributed by atoms with Gasteiger partial charge in [0.25, 0.3) is 0 Å². The summed E-state index contributed by atoms with van der Waals surface area (Å²) in [5, 5.41) is 8.45. The van der Waals surface area contributed by atoms with E-state index < -0.39 is 0 Å². The quantitative estimate of drug-likeness (QED) is 0.472. The molecule has 1 aliphatic heterocycles. The molecule has 150 valence electrons. The van der Waals surface area contributed by atoms with E-state index in [1.54, 1.807) is 0 Å². The van der Waals surface area contributed by atoms with Crippen molar-refractivity contribution < 1.29 is 9.53 Å². The fourth-order valence-corrected chi connectivity index (χ4v) is 3.39. The van der Waals surface area contributed by atoms with Crippen LogP contribution in [0.3, 0.4) is 0 Å². The Morgan fingerprint density at radius 2 is 2.04 bits per heavy atom. The molecule has 1 fully saturated rings. The first-order valence-corrected chi connectivity index (χ1v) is 9.89. The molecule has 0 radical (unpaired) electrons. The number of hydrogen-bond donors (Lipinski definition) is 1. The van der Waals surface area contributed by atoms with Crippen molar-refractivity contribution in [3.63, 3.8) is 0 Å². The molecule has 1 N–H and O–H groups in total. The lowest BCUT2D eigenvalue weighted by molar-refractivity contribution is -0.146. The van der Waals surface area contributed by atoms with Gasteiger partial charge in [0.15, 0.2) is 5.96 Å². The van der Waals surface area contributed by atoms with E-state index in [9.17, 15) is 4.79 Å². The number of esters is 1. The lowest BCUT2D eigenvalue weighted by Crippen LogP contribution is -2.46. The van der Waals surface area contributed by atoms with Gasteiger partial charge >= 0.3 is 5.97 Å². The highest BCUT2D eigenvalue weighted by Gasteiger charge is 2.26. The van der Waals surface area contributed by atoms with E-state index in [1.807, 2.05) is 41.3 Å². The molecule has 1 aliphatic rings. The minimum absolute atomic E-state index is 0.0123. The number of guanidine groups is 1. The fraction of sp³-hybridized carbons (Fsp3) is 0.450. The van der Waals surface area contributed by atoms with Crippen LogP contribution >= 0.6 is 11.6 Å². The lowest BCUT2D eigenvalue weighted by atomic mass is 9.97. The van der Waals surface area contributed by atoms with Gasteiger partial charge in [-0.25, -0.2) is 9.67 Å². The van der Waals surface area contributed by atoms with Crippen molar-refractivity contribution >= 4 is 23.5 Å². The summed E-state index contributed by atoms with van der Waals surface area (Å²) in [6.07, 6.45) is 5.36. The smallest absolute Gasteiger partial charge is 0.308 e. The van der Waals surface area contributed by atoms with Crippen LogP contribution in [0.25, 0.3) is 5.69 Å². The first-order chi connectivity index (χ1) is 13.6. The maximum absolute atomic E-state index is 11.7. The van der Waals surface area contributed by atoms with E-state index in [0.717, 1.165) is 49.7 Å². The minimum atomic E-state index is -0.115. The Morgan fingerprint density at radius 1 is 1.32 bits per heavy atom. The second-order valence-corrected chi connectivity index (χ2v) is 7.16. The number of carbonyl (C=O) groups is 1. The van der Waals surface area contributed by atoms with Gasteiger partial charge in [-0.1, -0.05) is 11.6 Å². The van der Waals surface area contributed by atoms with Crippen LogP contribution in [-0.2, 0) is 16.1 Å². The summed E-state index contributed by atoms with van der Waals surface area (Å²) in [5.74, 6) is 0.739. The topological polar surface area (TPSA) is 71.8 Å². The normalized spacial score (nSPS) is 15.5. The molecule has 1 aromatic carbocycles. The number of hydrogen-bond acceptors (Lipinski definition) is 4. The molecule has 0 aliphatic carbocycles. The number of benzene rings is 1. The van der Waals surface area contributed by atoms with Gasteiger partial charge in [-0.05, 0) is 44.0 Å². The third kappa shape index (κ3) is 5.04. The molecule has 2 heterocycles. The number of aliphatic imine (C=N–C) groups is 1. The van der Waals surface area contributed by atoms with Crippen LogP contribution in [0.4, 0.5) is 0 Å². The minimum Gasteiger partial charge on any atom is -0.469 e. The molecule has 2 aromatic rings. The third-order valence-corrected chi connectivity index (χ3v) is 5.05. The number of rotatable bonds is 5. The average molecular weight is 404 g/mol. The number of likely N-dealkylation sites (tertiary alicyclic amines) is 1. The molecule has 0 spiro atoms. The van der Waals surface area contributed by atoms with E-state index in [1.165, 1.54) is 7.11 Å². The van der Waals surface area contributed by atoms with E-state index in [4.69, 9.17) is 21.3 Å². The fourth-order valence-electron chi connectivity index (χ4n) is 3.26. The summed E-state index contributed by atoms with van der Waals surface area (Å²) in [5.41, 5.74) is 1.98. The van der Waals surface area contributed by atoms with Gasteiger partial charge in [-0.3, -0.25) is 4.79 Å². The van der Waals surface area contributed by atoms with Crippen LogP contribution in [0.5, 0.6) is 0 Å². The Bertz CT molecular complexity index is 810. The monoisotopic (exact) mass is 403 g/mol. The highest BCUT2D eigenvalue weighted by Crippen LogP contribution is 2.19. The molecule has 7 nitrogen and oxygen atoms in total. The van der Waals surface area contributed by atoms with Crippen LogP contribution in [0, 0.1) is 5.92 Å². The third-order valence-electron chi connectivity index (χ3n) is 4.80. The largest absolute Gasteiger partial charge is 0.469 e. The van der Waals surface area contributed by atoms with Crippen molar-refractivity contribution in [3.05, 3.63) is 47.2 Å². The Balaban J connectivity index is 1.63. The highest BCUT2D eigenvalue weighted by molar-refractivity contribution is 6.30. The molecule has 28 heavy (non-hydrogen) atoms. The highest BCUT2D eigenvalue weighted by atomic mass is 35.5. The number of carbonyl (C=O) groups excluding carboxylic acids is 1. The molecule has 0 saturated carbocycles. The molecule has 1 aromatic heterocycles. The number of piperidine rings is 1. The molecule has 0 atom stereocenters. The van der Waals surface area contributed by atoms with E-state index in [0.29, 0.717) is 11.6 Å². The number of nitrogens with zero attached hydrogens (tertiary/aromatic N) is 4. The molecular weight excluding hydrogens is 378 g/mol. The molecule has 1 saturated heterocycles. The van der Waals surface area contributed by atoms with E-state index in [2.05, 4.69) is 22.2 Å². The number of methoxy groups -OCH3 is 1. The average Bonchev–Trinajstić information content (AvgIpc) is 3.20. The first-order valence-electron chi connectivity index (χ1n) is 9.51. The summed E-state index contributed by atoms with van der Waals surface area (Å²) >= 11 is 5.94. The second kappa shape index (κ2) is 9.59. The Morgan fingerprint density at radius 3 is 2.68 bits per heavy atom. The Kier molecular flexibility index (Phi) is 6.92. The predicted molar refractivity (Wildman–Crippen MR) is 110 cm³/mol. The van der Waals surface area contributed by atoms with Gasteiger partial charge in [0.2, 0.25) is 0 Å². The summed E-state index contributed by atoms with van der Waals surface area (Å²) < 4.78 is 6.68.